The zero-order valence-corrected chi connectivity index (χ0v) is 11.4. The van der Waals surface area contributed by atoms with Crippen LogP contribution >= 0.6 is 11.6 Å². The molecule has 0 saturated carbocycles. The molecule has 0 aliphatic heterocycles. The maximum absolute atomic E-state index is 11.7. The molecule has 0 radical (unpaired) electrons. The number of hydrogen-bond acceptors (Lipinski definition) is 3. The fraction of sp³-hybridized carbons (Fsp3) is 0.462. The van der Waals surface area contributed by atoms with Gasteiger partial charge in [-0.1, -0.05) is 23.7 Å². The fourth-order valence-electron chi connectivity index (χ4n) is 1.71. The molecule has 100 valence electrons. The Morgan fingerprint density at radius 3 is 2.83 bits per heavy atom. The van der Waals surface area contributed by atoms with Gasteiger partial charge in [0, 0.05) is 24.7 Å². The van der Waals surface area contributed by atoms with E-state index in [9.17, 15) is 4.79 Å². The van der Waals surface area contributed by atoms with Gasteiger partial charge >= 0.3 is 0 Å². The van der Waals surface area contributed by atoms with Crippen LogP contribution in [0.25, 0.3) is 0 Å². The van der Waals surface area contributed by atoms with Crippen LogP contribution in [0.3, 0.4) is 0 Å². The summed E-state index contributed by atoms with van der Waals surface area (Å²) in [5.41, 5.74) is 6.51. The zero-order valence-electron chi connectivity index (χ0n) is 10.7. The van der Waals surface area contributed by atoms with Crippen LogP contribution in [0.15, 0.2) is 24.3 Å². The minimum Gasteiger partial charge on any atom is -0.370 e. The Labute approximate surface area is 112 Å². The van der Waals surface area contributed by atoms with Crippen molar-refractivity contribution in [1.82, 2.24) is 5.32 Å². The Bertz CT molecular complexity index is 394. The Kier molecular flexibility index (Phi) is 6.12. The molecule has 1 aromatic rings. The van der Waals surface area contributed by atoms with Gasteiger partial charge in [0.15, 0.2) is 0 Å². The van der Waals surface area contributed by atoms with Gasteiger partial charge in [-0.05, 0) is 31.0 Å². The summed E-state index contributed by atoms with van der Waals surface area (Å²) < 4.78 is 4.97. The third kappa shape index (κ3) is 4.64. The van der Waals surface area contributed by atoms with E-state index < -0.39 is 6.10 Å². The summed E-state index contributed by atoms with van der Waals surface area (Å²) in [6.07, 6.45) is 0.125. The Hall–Kier alpha value is -1.10. The van der Waals surface area contributed by atoms with Gasteiger partial charge in [-0.25, -0.2) is 0 Å². The summed E-state index contributed by atoms with van der Waals surface area (Å²) in [5.74, 6) is -0.186. The molecule has 2 atom stereocenters. The van der Waals surface area contributed by atoms with Crippen LogP contribution in [0.1, 0.15) is 12.5 Å². The number of carbonyl (C=O) groups is 1. The highest BCUT2D eigenvalue weighted by Crippen LogP contribution is 2.12. The fourth-order valence-corrected chi connectivity index (χ4v) is 1.93. The van der Waals surface area contributed by atoms with Gasteiger partial charge in [-0.2, -0.15) is 0 Å². The number of hydrogen-bond donors (Lipinski definition) is 2. The number of rotatable bonds is 6. The summed E-state index contributed by atoms with van der Waals surface area (Å²) in [5, 5.41) is 3.56. The number of halogens is 1. The van der Waals surface area contributed by atoms with Crippen molar-refractivity contribution in [1.29, 1.82) is 0 Å². The van der Waals surface area contributed by atoms with Crippen LogP contribution in [0.5, 0.6) is 0 Å². The molecule has 4 nitrogen and oxygen atoms in total. The average molecular weight is 271 g/mol. The molecule has 0 spiro atoms. The van der Waals surface area contributed by atoms with Gasteiger partial charge in [0.25, 0.3) is 5.91 Å². The van der Waals surface area contributed by atoms with Crippen LogP contribution in [-0.4, -0.2) is 31.7 Å². The van der Waals surface area contributed by atoms with E-state index in [4.69, 9.17) is 22.1 Å². The summed E-state index contributed by atoms with van der Waals surface area (Å²) in [6.45, 7) is 2.11. The number of nitrogens with one attached hydrogen (secondary N) is 1. The lowest BCUT2D eigenvalue weighted by Gasteiger charge is -2.18. The molecule has 1 aromatic carbocycles. The van der Waals surface area contributed by atoms with Crippen LogP contribution in [-0.2, 0) is 16.0 Å². The Morgan fingerprint density at radius 2 is 2.28 bits per heavy atom. The maximum Gasteiger partial charge on any atom is 0.250 e. The van der Waals surface area contributed by atoms with E-state index in [1.807, 2.05) is 31.2 Å². The van der Waals surface area contributed by atoms with Crippen LogP contribution in [0.4, 0.5) is 0 Å². The smallest absolute Gasteiger partial charge is 0.250 e. The average Bonchev–Trinajstić information content (AvgIpc) is 2.30. The highest BCUT2D eigenvalue weighted by molar-refractivity contribution is 6.30. The van der Waals surface area contributed by atoms with Crippen molar-refractivity contribution in [2.75, 3.05) is 13.7 Å². The molecule has 0 aromatic heterocycles. The van der Waals surface area contributed by atoms with Crippen molar-refractivity contribution in [3.05, 3.63) is 34.9 Å². The van der Waals surface area contributed by atoms with E-state index >= 15 is 0 Å². The Morgan fingerprint density at radius 1 is 1.56 bits per heavy atom. The first-order valence-electron chi connectivity index (χ1n) is 5.84. The molecule has 1 amide bonds. The van der Waals surface area contributed by atoms with Crippen molar-refractivity contribution in [3.8, 4) is 0 Å². The van der Waals surface area contributed by atoms with Crippen LogP contribution in [0, 0.1) is 0 Å². The van der Waals surface area contributed by atoms with Crippen molar-refractivity contribution < 1.29 is 9.53 Å². The van der Waals surface area contributed by atoms with E-state index in [0.29, 0.717) is 11.4 Å². The molecule has 0 saturated heterocycles. The molecular weight excluding hydrogens is 252 g/mol. The molecule has 0 bridgehead atoms. The van der Waals surface area contributed by atoms with Crippen molar-refractivity contribution in [2.24, 2.45) is 5.73 Å². The molecule has 1 rings (SSSR count). The normalized spacial score (nSPS) is 14.0. The molecule has 5 heteroatoms. The lowest BCUT2D eigenvalue weighted by molar-refractivity contribution is -0.131. The second-order valence-electron chi connectivity index (χ2n) is 4.20. The zero-order chi connectivity index (χ0) is 13.5. The predicted molar refractivity (Wildman–Crippen MR) is 72.6 cm³/mol. The van der Waals surface area contributed by atoms with Crippen molar-refractivity contribution in [2.45, 2.75) is 25.5 Å². The molecule has 0 heterocycles. The highest BCUT2D eigenvalue weighted by atomic mass is 35.5. The first-order valence-corrected chi connectivity index (χ1v) is 6.22. The summed E-state index contributed by atoms with van der Waals surface area (Å²) in [7, 11) is 1.47. The number of benzene rings is 1. The standard InChI is InChI=1S/C13H19ClN2O2/c1-9(16-13(17)12(8-15)18-2)6-10-4-3-5-11(14)7-10/h3-5,7,9,12H,6,8,15H2,1-2H3,(H,16,17). The highest BCUT2D eigenvalue weighted by Gasteiger charge is 2.17. The van der Waals surface area contributed by atoms with E-state index in [0.717, 1.165) is 5.56 Å². The first-order chi connectivity index (χ1) is 8.56. The monoisotopic (exact) mass is 270 g/mol. The van der Waals surface area contributed by atoms with Crippen LogP contribution in [0.2, 0.25) is 5.02 Å². The summed E-state index contributed by atoms with van der Waals surface area (Å²) in [6, 6.07) is 7.58. The number of carbonyl (C=O) groups excluding carboxylic acids is 1. The van der Waals surface area contributed by atoms with E-state index in [1.165, 1.54) is 7.11 Å². The minimum atomic E-state index is -0.591. The molecule has 0 aliphatic carbocycles. The molecule has 0 aliphatic rings. The predicted octanol–water partition coefficient (Wildman–Crippen LogP) is 1.36. The van der Waals surface area contributed by atoms with Gasteiger partial charge in [0.2, 0.25) is 0 Å². The number of amides is 1. The maximum atomic E-state index is 11.7. The number of nitrogens with two attached hydrogens (primary N) is 1. The topological polar surface area (TPSA) is 64.3 Å². The molecule has 18 heavy (non-hydrogen) atoms. The summed E-state index contributed by atoms with van der Waals surface area (Å²) in [4.78, 5) is 11.7. The second-order valence-corrected chi connectivity index (χ2v) is 4.64. The van der Waals surface area contributed by atoms with Gasteiger partial charge in [-0.3, -0.25) is 4.79 Å². The quantitative estimate of drug-likeness (QED) is 0.820. The number of ether oxygens (including phenoxy) is 1. The Balaban J connectivity index is 2.51. The minimum absolute atomic E-state index is 0.000154. The molecular formula is C13H19ClN2O2. The molecule has 0 fully saturated rings. The SMILES string of the molecule is COC(CN)C(=O)NC(C)Cc1cccc(Cl)c1. The van der Waals surface area contributed by atoms with Crippen molar-refractivity contribution in [3.63, 3.8) is 0 Å². The van der Waals surface area contributed by atoms with E-state index in [1.54, 1.807) is 0 Å². The largest absolute Gasteiger partial charge is 0.370 e. The lowest BCUT2D eigenvalue weighted by Crippen LogP contribution is -2.44. The van der Waals surface area contributed by atoms with Gasteiger partial charge in [-0.15, -0.1) is 0 Å². The van der Waals surface area contributed by atoms with Gasteiger partial charge in [0.05, 0.1) is 0 Å². The van der Waals surface area contributed by atoms with E-state index in [2.05, 4.69) is 5.32 Å². The van der Waals surface area contributed by atoms with Gasteiger partial charge < -0.3 is 15.8 Å². The van der Waals surface area contributed by atoms with Crippen LogP contribution < -0.4 is 11.1 Å². The first kappa shape index (κ1) is 15.0. The van der Waals surface area contributed by atoms with E-state index in [-0.39, 0.29) is 18.5 Å². The second kappa shape index (κ2) is 7.36. The third-order valence-electron chi connectivity index (χ3n) is 2.61. The molecule has 2 unspecified atom stereocenters. The van der Waals surface area contributed by atoms with Crippen molar-refractivity contribution >= 4 is 17.5 Å². The van der Waals surface area contributed by atoms with Gasteiger partial charge in [0.1, 0.15) is 6.10 Å². The molecule has 3 N–H and O–H groups in total. The number of methoxy groups -OCH3 is 1. The third-order valence-corrected chi connectivity index (χ3v) is 2.85. The summed E-state index contributed by atoms with van der Waals surface area (Å²) >= 11 is 5.91. The lowest BCUT2D eigenvalue weighted by atomic mass is 10.1.